The zero-order chi connectivity index (χ0) is 11.2. The van der Waals surface area contributed by atoms with E-state index >= 15 is 0 Å². The van der Waals surface area contributed by atoms with E-state index in [9.17, 15) is 0 Å². The van der Waals surface area contributed by atoms with Gasteiger partial charge in [0.15, 0.2) is 0 Å². The molecule has 0 spiro atoms. The minimum absolute atomic E-state index is 0.569. The molecule has 0 bridgehead atoms. The first kappa shape index (κ1) is 11.6. The van der Waals surface area contributed by atoms with E-state index in [1.54, 1.807) is 11.3 Å². The lowest BCUT2D eigenvalue weighted by Gasteiger charge is -2.04. The van der Waals surface area contributed by atoms with Crippen LogP contribution in [0.5, 0.6) is 0 Å². The fraction of sp³-hybridized carbons (Fsp3) is 0.167. The molecule has 0 aliphatic heterocycles. The van der Waals surface area contributed by atoms with Crippen molar-refractivity contribution in [2.45, 2.75) is 13.2 Å². The fourth-order valence-electron chi connectivity index (χ4n) is 1.28. The normalized spacial score (nSPS) is 10.6. The van der Waals surface area contributed by atoms with Crippen LogP contribution in [-0.4, -0.2) is 0 Å². The van der Waals surface area contributed by atoms with E-state index in [0.717, 1.165) is 14.8 Å². The summed E-state index contributed by atoms with van der Waals surface area (Å²) in [7, 11) is 0. The maximum atomic E-state index is 5.82. The minimum atomic E-state index is 0.569. The van der Waals surface area contributed by atoms with E-state index in [0.29, 0.717) is 13.2 Å². The summed E-state index contributed by atoms with van der Waals surface area (Å²) < 4.78 is 0.805. The monoisotopic (exact) mass is 253 g/mol. The standard InChI is InChI=1S/C12H12ClNOS/c13-12-7-6-11(16-12)8-14-15-9-10-4-2-1-3-5-10/h1-7,14H,8-9H2. The summed E-state index contributed by atoms with van der Waals surface area (Å²) in [6, 6.07) is 13.9. The Kier molecular flexibility index (Phi) is 4.36. The lowest BCUT2D eigenvalue weighted by atomic mass is 10.2. The van der Waals surface area contributed by atoms with Gasteiger partial charge in [-0.2, -0.15) is 5.48 Å². The third kappa shape index (κ3) is 3.61. The molecule has 0 atom stereocenters. The average Bonchev–Trinajstić information content (AvgIpc) is 2.72. The van der Waals surface area contributed by atoms with Crippen molar-refractivity contribution in [2.24, 2.45) is 0 Å². The van der Waals surface area contributed by atoms with Crippen LogP contribution in [0.1, 0.15) is 10.4 Å². The molecule has 84 valence electrons. The van der Waals surface area contributed by atoms with Crippen molar-refractivity contribution >= 4 is 22.9 Å². The highest BCUT2D eigenvalue weighted by Crippen LogP contribution is 2.20. The van der Waals surface area contributed by atoms with Crippen LogP contribution in [0, 0.1) is 0 Å². The number of hydrogen-bond donors (Lipinski definition) is 1. The summed E-state index contributed by atoms with van der Waals surface area (Å²) in [5.74, 6) is 0. The molecule has 0 radical (unpaired) electrons. The van der Waals surface area contributed by atoms with Gasteiger partial charge in [0.25, 0.3) is 0 Å². The maximum absolute atomic E-state index is 5.82. The lowest BCUT2D eigenvalue weighted by Crippen LogP contribution is -2.12. The Morgan fingerprint density at radius 3 is 2.62 bits per heavy atom. The van der Waals surface area contributed by atoms with E-state index in [1.807, 2.05) is 42.5 Å². The van der Waals surface area contributed by atoms with E-state index in [2.05, 4.69) is 5.48 Å². The lowest BCUT2D eigenvalue weighted by molar-refractivity contribution is 0.0240. The zero-order valence-electron chi connectivity index (χ0n) is 8.65. The highest BCUT2D eigenvalue weighted by atomic mass is 35.5. The second kappa shape index (κ2) is 6.01. The number of hydroxylamine groups is 1. The molecule has 1 N–H and O–H groups in total. The Labute approximate surface area is 104 Å². The molecule has 4 heteroatoms. The molecule has 0 aliphatic carbocycles. The van der Waals surface area contributed by atoms with Crippen LogP contribution in [0.4, 0.5) is 0 Å². The van der Waals surface area contributed by atoms with Crippen molar-refractivity contribution in [3.8, 4) is 0 Å². The van der Waals surface area contributed by atoms with Gasteiger partial charge in [-0.05, 0) is 17.7 Å². The second-order valence-corrected chi connectivity index (χ2v) is 5.10. The van der Waals surface area contributed by atoms with Gasteiger partial charge in [0, 0.05) is 4.88 Å². The number of benzene rings is 1. The van der Waals surface area contributed by atoms with Crippen LogP contribution in [0.2, 0.25) is 4.34 Å². The molecule has 0 fully saturated rings. The molecular formula is C12H12ClNOS. The summed E-state index contributed by atoms with van der Waals surface area (Å²) >= 11 is 7.38. The molecular weight excluding hydrogens is 242 g/mol. The van der Waals surface area contributed by atoms with Gasteiger partial charge < -0.3 is 0 Å². The van der Waals surface area contributed by atoms with Crippen LogP contribution in [0.3, 0.4) is 0 Å². The van der Waals surface area contributed by atoms with Crippen molar-refractivity contribution < 1.29 is 4.84 Å². The highest BCUT2D eigenvalue weighted by Gasteiger charge is 1.97. The average molecular weight is 254 g/mol. The Bertz CT molecular complexity index is 430. The quantitative estimate of drug-likeness (QED) is 0.649. The van der Waals surface area contributed by atoms with Gasteiger partial charge >= 0.3 is 0 Å². The minimum Gasteiger partial charge on any atom is -0.297 e. The first-order valence-corrected chi connectivity index (χ1v) is 6.17. The molecule has 2 nitrogen and oxygen atoms in total. The molecule has 0 aliphatic rings. The molecule has 2 aromatic rings. The van der Waals surface area contributed by atoms with Gasteiger partial charge in [-0.1, -0.05) is 41.9 Å². The van der Waals surface area contributed by atoms with Crippen molar-refractivity contribution in [3.05, 3.63) is 57.2 Å². The predicted octanol–water partition coefficient (Wildman–Crippen LogP) is 3.62. The summed E-state index contributed by atoms with van der Waals surface area (Å²) in [4.78, 5) is 6.51. The summed E-state index contributed by atoms with van der Waals surface area (Å²) in [6.45, 7) is 1.25. The third-order valence-corrected chi connectivity index (χ3v) is 3.29. The van der Waals surface area contributed by atoms with Gasteiger partial charge in [-0.15, -0.1) is 11.3 Å². The van der Waals surface area contributed by atoms with Gasteiger partial charge in [-0.25, -0.2) is 0 Å². The van der Waals surface area contributed by atoms with E-state index in [1.165, 1.54) is 0 Å². The first-order valence-electron chi connectivity index (χ1n) is 4.97. The molecule has 1 aromatic heterocycles. The zero-order valence-corrected chi connectivity index (χ0v) is 10.2. The number of hydrogen-bond acceptors (Lipinski definition) is 3. The number of thiophene rings is 1. The largest absolute Gasteiger partial charge is 0.297 e. The van der Waals surface area contributed by atoms with Crippen LogP contribution in [0.15, 0.2) is 42.5 Å². The van der Waals surface area contributed by atoms with Crippen LogP contribution in [-0.2, 0) is 18.0 Å². The van der Waals surface area contributed by atoms with Crippen LogP contribution in [0.25, 0.3) is 0 Å². The van der Waals surface area contributed by atoms with Crippen molar-refractivity contribution in [1.82, 2.24) is 5.48 Å². The molecule has 1 heterocycles. The van der Waals surface area contributed by atoms with E-state index in [4.69, 9.17) is 16.4 Å². The Morgan fingerprint density at radius 2 is 1.94 bits per heavy atom. The Morgan fingerprint density at radius 1 is 1.12 bits per heavy atom. The van der Waals surface area contributed by atoms with Crippen LogP contribution >= 0.6 is 22.9 Å². The smallest absolute Gasteiger partial charge is 0.0933 e. The third-order valence-electron chi connectivity index (χ3n) is 2.06. The van der Waals surface area contributed by atoms with Crippen molar-refractivity contribution in [3.63, 3.8) is 0 Å². The van der Waals surface area contributed by atoms with Crippen molar-refractivity contribution in [2.75, 3.05) is 0 Å². The van der Waals surface area contributed by atoms with Gasteiger partial charge in [-0.3, -0.25) is 4.84 Å². The summed E-state index contributed by atoms with van der Waals surface area (Å²) in [5, 5.41) is 0. The molecule has 0 saturated heterocycles. The van der Waals surface area contributed by atoms with Gasteiger partial charge in [0.05, 0.1) is 17.5 Å². The number of rotatable bonds is 5. The summed E-state index contributed by atoms with van der Waals surface area (Å²) in [5.41, 5.74) is 4.07. The van der Waals surface area contributed by atoms with E-state index in [-0.39, 0.29) is 0 Å². The Balaban J connectivity index is 1.69. The molecule has 0 unspecified atom stereocenters. The predicted molar refractivity (Wildman–Crippen MR) is 67.4 cm³/mol. The molecule has 0 amide bonds. The molecule has 1 aromatic carbocycles. The molecule has 2 rings (SSSR count). The Hall–Kier alpha value is -0.870. The molecule has 0 saturated carbocycles. The number of nitrogens with one attached hydrogen (secondary N) is 1. The van der Waals surface area contributed by atoms with Gasteiger partial charge in [0.2, 0.25) is 0 Å². The number of halogens is 1. The fourth-order valence-corrected chi connectivity index (χ4v) is 2.29. The SMILES string of the molecule is Clc1ccc(CNOCc2ccccc2)s1. The first-order chi connectivity index (χ1) is 7.84. The van der Waals surface area contributed by atoms with Crippen molar-refractivity contribution in [1.29, 1.82) is 0 Å². The topological polar surface area (TPSA) is 21.3 Å². The van der Waals surface area contributed by atoms with Gasteiger partial charge in [0.1, 0.15) is 0 Å². The van der Waals surface area contributed by atoms with Crippen LogP contribution < -0.4 is 5.48 Å². The highest BCUT2D eigenvalue weighted by molar-refractivity contribution is 7.16. The second-order valence-electron chi connectivity index (χ2n) is 3.30. The maximum Gasteiger partial charge on any atom is 0.0933 e. The van der Waals surface area contributed by atoms with E-state index < -0.39 is 0 Å². The molecule has 16 heavy (non-hydrogen) atoms. The summed E-state index contributed by atoms with van der Waals surface area (Å²) in [6.07, 6.45) is 0.